The number of likely N-dealkylation sites (tertiary alicyclic amines) is 1. The number of benzene rings is 1. The third-order valence-corrected chi connectivity index (χ3v) is 5.45. The van der Waals surface area contributed by atoms with Gasteiger partial charge in [-0.25, -0.2) is 0 Å². The summed E-state index contributed by atoms with van der Waals surface area (Å²) >= 11 is 0. The quantitative estimate of drug-likeness (QED) is 0.849. The zero-order chi connectivity index (χ0) is 12.9. The van der Waals surface area contributed by atoms with E-state index in [1.54, 1.807) is 0 Å². The summed E-state index contributed by atoms with van der Waals surface area (Å²) in [5.74, 6) is 0. The number of aromatic amines is 1. The highest BCUT2D eigenvalue weighted by Crippen LogP contribution is 2.48. The molecule has 3 heteroatoms. The highest BCUT2D eigenvalue weighted by Gasteiger charge is 2.48. The molecule has 1 aromatic heterocycles. The van der Waals surface area contributed by atoms with Crippen LogP contribution in [0.1, 0.15) is 37.7 Å². The standard InChI is InChI=1S/C16H21N3/c1-19-9-8-16(7-3-2-4-15(16)19)13-6-5-12-11-17-18-14(12)10-13/h5-6,10-11,15H,2-4,7-9H2,1H3,(H,17,18). The van der Waals surface area contributed by atoms with Gasteiger partial charge in [0.2, 0.25) is 0 Å². The average Bonchev–Trinajstić information content (AvgIpc) is 3.04. The summed E-state index contributed by atoms with van der Waals surface area (Å²) in [5.41, 5.74) is 3.11. The lowest BCUT2D eigenvalue weighted by Crippen LogP contribution is -2.43. The van der Waals surface area contributed by atoms with Gasteiger partial charge in [0, 0.05) is 16.8 Å². The molecule has 4 rings (SSSR count). The van der Waals surface area contributed by atoms with Gasteiger partial charge in [0.25, 0.3) is 0 Å². The topological polar surface area (TPSA) is 31.9 Å². The minimum atomic E-state index is 0.395. The first-order chi connectivity index (χ1) is 9.29. The van der Waals surface area contributed by atoms with E-state index in [-0.39, 0.29) is 0 Å². The second kappa shape index (κ2) is 4.07. The summed E-state index contributed by atoms with van der Waals surface area (Å²) in [6, 6.07) is 7.66. The lowest BCUT2D eigenvalue weighted by molar-refractivity contribution is 0.182. The minimum absolute atomic E-state index is 0.395. The number of H-pyrrole nitrogens is 1. The zero-order valence-electron chi connectivity index (χ0n) is 11.5. The highest BCUT2D eigenvalue weighted by atomic mass is 15.2. The first-order valence-electron chi connectivity index (χ1n) is 7.43. The Bertz CT molecular complexity index is 599. The maximum atomic E-state index is 4.15. The van der Waals surface area contributed by atoms with Gasteiger partial charge >= 0.3 is 0 Å². The maximum Gasteiger partial charge on any atom is 0.0653 e. The number of likely N-dealkylation sites (N-methyl/N-ethyl adjacent to an activating group) is 1. The van der Waals surface area contributed by atoms with Crippen LogP contribution in [0.5, 0.6) is 0 Å². The summed E-state index contributed by atoms with van der Waals surface area (Å²) in [6.07, 6.45) is 8.71. The summed E-state index contributed by atoms with van der Waals surface area (Å²) in [4.78, 5) is 2.58. The van der Waals surface area contributed by atoms with Crippen molar-refractivity contribution < 1.29 is 0 Å². The van der Waals surface area contributed by atoms with Crippen LogP contribution in [0.3, 0.4) is 0 Å². The minimum Gasteiger partial charge on any atom is -0.302 e. The van der Waals surface area contributed by atoms with Gasteiger partial charge < -0.3 is 4.90 Å². The molecule has 1 N–H and O–H groups in total. The second-order valence-electron chi connectivity index (χ2n) is 6.32. The molecule has 1 saturated carbocycles. The van der Waals surface area contributed by atoms with Gasteiger partial charge in [-0.1, -0.05) is 25.0 Å². The van der Waals surface area contributed by atoms with Gasteiger partial charge in [-0.3, -0.25) is 5.10 Å². The molecule has 1 aromatic carbocycles. The van der Waals surface area contributed by atoms with Crippen LogP contribution in [-0.4, -0.2) is 34.7 Å². The summed E-state index contributed by atoms with van der Waals surface area (Å²) in [6.45, 7) is 1.24. The van der Waals surface area contributed by atoms with Crippen LogP contribution >= 0.6 is 0 Å². The van der Waals surface area contributed by atoms with Crippen LogP contribution in [0.2, 0.25) is 0 Å². The monoisotopic (exact) mass is 255 g/mol. The van der Waals surface area contributed by atoms with Crippen molar-refractivity contribution in [3.05, 3.63) is 30.0 Å². The van der Waals surface area contributed by atoms with Crippen LogP contribution in [0, 0.1) is 0 Å². The molecule has 0 amide bonds. The van der Waals surface area contributed by atoms with Gasteiger partial charge in [0.15, 0.2) is 0 Å². The largest absolute Gasteiger partial charge is 0.302 e. The molecule has 100 valence electrons. The van der Waals surface area contributed by atoms with Crippen molar-refractivity contribution in [2.45, 2.75) is 43.6 Å². The van der Waals surface area contributed by atoms with Crippen LogP contribution in [0.15, 0.2) is 24.4 Å². The molecule has 1 aliphatic heterocycles. The van der Waals surface area contributed by atoms with E-state index in [0.717, 1.165) is 6.04 Å². The third-order valence-electron chi connectivity index (χ3n) is 5.45. The fraction of sp³-hybridized carbons (Fsp3) is 0.562. The maximum absolute atomic E-state index is 4.15. The van der Waals surface area contributed by atoms with Gasteiger partial charge in [0.05, 0.1) is 11.7 Å². The summed E-state index contributed by atoms with van der Waals surface area (Å²) in [5, 5.41) is 8.49. The number of hydrogen-bond acceptors (Lipinski definition) is 2. The molecule has 1 aliphatic carbocycles. The molecule has 0 spiro atoms. The predicted octanol–water partition coefficient (Wildman–Crippen LogP) is 3.08. The molecule has 2 fully saturated rings. The first kappa shape index (κ1) is 11.5. The number of nitrogens with zero attached hydrogens (tertiary/aromatic N) is 2. The van der Waals surface area contributed by atoms with Crippen molar-refractivity contribution in [3.63, 3.8) is 0 Å². The van der Waals surface area contributed by atoms with Crippen molar-refractivity contribution in [2.75, 3.05) is 13.6 Å². The fourth-order valence-electron chi connectivity index (χ4n) is 4.41. The molecule has 2 atom stereocenters. The Morgan fingerprint density at radius 3 is 3.21 bits per heavy atom. The molecule has 2 aromatic rings. The smallest absolute Gasteiger partial charge is 0.0653 e. The van der Waals surface area contributed by atoms with Crippen molar-refractivity contribution in [1.29, 1.82) is 0 Å². The average molecular weight is 255 g/mol. The Hall–Kier alpha value is -1.35. The van der Waals surface area contributed by atoms with Crippen LogP contribution < -0.4 is 0 Å². The Kier molecular flexibility index (Phi) is 2.46. The Morgan fingerprint density at radius 2 is 2.26 bits per heavy atom. The SMILES string of the molecule is CN1CCC2(c3ccc4cn[nH]c4c3)CCCCC12. The van der Waals surface area contributed by atoms with E-state index in [4.69, 9.17) is 0 Å². The fourth-order valence-corrected chi connectivity index (χ4v) is 4.41. The van der Waals surface area contributed by atoms with E-state index in [9.17, 15) is 0 Å². The Morgan fingerprint density at radius 1 is 1.32 bits per heavy atom. The van der Waals surface area contributed by atoms with Gasteiger partial charge in [-0.15, -0.1) is 0 Å². The third kappa shape index (κ3) is 1.57. The molecule has 2 heterocycles. The molecule has 0 radical (unpaired) electrons. The number of aromatic nitrogens is 2. The van der Waals surface area contributed by atoms with E-state index in [2.05, 4.69) is 40.3 Å². The zero-order valence-corrected chi connectivity index (χ0v) is 11.5. The van der Waals surface area contributed by atoms with Crippen molar-refractivity contribution in [2.24, 2.45) is 0 Å². The predicted molar refractivity (Wildman–Crippen MR) is 77.3 cm³/mol. The van der Waals surface area contributed by atoms with E-state index >= 15 is 0 Å². The number of nitrogens with one attached hydrogen (secondary N) is 1. The van der Waals surface area contributed by atoms with E-state index in [0.29, 0.717) is 5.41 Å². The lowest BCUT2D eigenvalue weighted by Gasteiger charge is -2.41. The summed E-state index contributed by atoms with van der Waals surface area (Å²) in [7, 11) is 2.30. The van der Waals surface area contributed by atoms with Gasteiger partial charge in [0.1, 0.15) is 0 Å². The van der Waals surface area contributed by atoms with E-state index < -0.39 is 0 Å². The molecular weight excluding hydrogens is 234 g/mol. The van der Waals surface area contributed by atoms with E-state index in [1.807, 2.05) is 6.20 Å². The molecular formula is C16H21N3. The van der Waals surface area contributed by atoms with Crippen molar-refractivity contribution >= 4 is 10.9 Å². The van der Waals surface area contributed by atoms with E-state index in [1.165, 1.54) is 55.1 Å². The van der Waals surface area contributed by atoms with Crippen molar-refractivity contribution in [3.8, 4) is 0 Å². The Labute approximate surface area is 114 Å². The number of hydrogen-bond donors (Lipinski definition) is 1. The molecule has 1 saturated heterocycles. The highest BCUT2D eigenvalue weighted by molar-refractivity contribution is 5.78. The number of fused-ring (bicyclic) bond motifs is 2. The van der Waals surface area contributed by atoms with Crippen molar-refractivity contribution in [1.82, 2.24) is 15.1 Å². The molecule has 2 unspecified atom stereocenters. The molecule has 3 nitrogen and oxygen atoms in total. The van der Waals surface area contributed by atoms with Gasteiger partial charge in [-0.2, -0.15) is 5.10 Å². The lowest BCUT2D eigenvalue weighted by atomic mass is 9.66. The second-order valence-corrected chi connectivity index (χ2v) is 6.32. The Balaban J connectivity index is 1.83. The molecule has 0 bridgehead atoms. The normalized spacial score (nSPS) is 31.7. The molecule has 2 aliphatic rings. The van der Waals surface area contributed by atoms with Crippen LogP contribution in [-0.2, 0) is 5.41 Å². The first-order valence-corrected chi connectivity index (χ1v) is 7.43. The summed E-state index contributed by atoms with van der Waals surface area (Å²) < 4.78 is 0. The van der Waals surface area contributed by atoms with Crippen LogP contribution in [0.4, 0.5) is 0 Å². The number of rotatable bonds is 1. The van der Waals surface area contributed by atoms with Crippen LogP contribution in [0.25, 0.3) is 10.9 Å². The van der Waals surface area contributed by atoms with Gasteiger partial charge in [-0.05, 0) is 44.5 Å². The molecule has 19 heavy (non-hydrogen) atoms.